The van der Waals surface area contributed by atoms with Crippen molar-refractivity contribution in [2.24, 2.45) is 0 Å². The number of anilines is 1. The first-order valence-corrected chi connectivity index (χ1v) is 9.33. The highest BCUT2D eigenvalue weighted by Gasteiger charge is 2.30. The summed E-state index contributed by atoms with van der Waals surface area (Å²) in [5, 5.41) is 11.1. The average molecular weight is 376 g/mol. The summed E-state index contributed by atoms with van der Waals surface area (Å²) in [5.74, 6) is 0.979. The molecule has 1 aliphatic heterocycles. The quantitative estimate of drug-likeness (QED) is 0.730. The first kappa shape index (κ1) is 19.2. The van der Waals surface area contributed by atoms with Gasteiger partial charge in [-0.3, -0.25) is 14.5 Å². The van der Waals surface area contributed by atoms with Crippen molar-refractivity contribution in [3.05, 3.63) is 28.1 Å². The van der Waals surface area contributed by atoms with E-state index in [1.165, 1.54) is 4.68 Å². The normalized spacial score (nSPS) is 17.6. The van der Waals surface area contributed by atoms with E-state index in [0.717, 1.165) is 25.2 Å². The molecule has 3 heterocycles. The Morgan fingerprint density at radius 1 is 1.44 bits per heavy atom. The van der Waals surface area contributed by atoms with Crippen molar-refractivity contribution in [3.63, 3.8) is 0 Å². The second-order valence-electron chi connectivity index (χ2n) is 7.21. The molecule has 1 atom stereocenters. The van der Waals surface area contributed by atoms with Crippen LogP contribution in [-0.2, 0) is 13.1 Å². The second kappa shape index (κ2) is 7.95. The lowest BCUT2D eigenvalue weighted by atomic mass is 9.97. The van der Waals surface area contributed by atoms with Crippen LogP contribution in [0, 0.1) is 0 Å². The summed E-state index contributed by atoms with van der Waals surface area (Å²) in [4.78, 5) is 29.2. The van der Waals surface area contributed by atoms with Crippen LogP contribution in [0.5, 0.6) is 0 Å². The summed E-state index contributed by atoms with van der Waals surface area (Å²) in [5.41, 5.74) is 5.91. The molecule has 0 spiro atoms. The van der Waals surface area contributed by atoms with Gasteiger partial charge in [-0.05, 0) is 33.9 Å². The smallest absolute Gasteiger partial charge is 0.345 e. The number of hydrogen-bond donors (Lipinski definition) is 2. The van der Waals surface area contributed by atoms with Crippen molar-refractivity contribution in [1.82, 2.24) is 34.3 Å². The largest absolute Gasteiger partial charge is 0.382 e. The van der Waals surface area contributed by atoms with Crippen LogP contribution in [-0.4, -0.2) is 74.0 Å². The molecule has 27 heavy (non-hydrogen) atoms. The number of carbonyl (C=O) groups excluding carboxylic acids is 1. The highest BCUT2D eigenvalue weighted by atomic mass is 16.2. The monoisotopic (exact) mass is 376 g/mol. The van der Waals surface area contributed by atoms with Crippen LogP contribution in [0.1, 0.15) is 42.0 Å². The van der Waals surface area contributed by atoms with E-state index in [1.54, 1.807) is 15.5 Å². The number of aromatic amines is 1. The van der Waals surface area contributed by atoms with Gasteiger partial charge in [0, 0.05) is 38.2 Å². The van der Waals surface area contributed by atoms with Crippen molar-refractivity contribution < 1.29 is 4.79 Å². The zero-order valence-corrected chi connectivity index (χ0v) is 16.2. The van der Waals surface area contributed by atoms with Crippen LogP contribution in [0.25, 0.3) is 0 Å². The Kier molecular flexibility index (Phi) is 5.64. The molecule has 148 valence electrons. The van der Waals surface area contributed by atoms with Gasteiger partial charge < -0.3 is 15.5 Å². The van der Waals surface area contributed by atoms with Crippen LogP contribution in [0.3, 0.4) is 0 Å². The number of carbonyl (C=O) groups is 1. The number of amides is 1. The SMILES string of the molecule is CCn1c([C@H]2CCCN(C(=O)c3cc(N)n[nH]3)C2)nn(CCN(C)C)c1=O. The second-order valence-corrected chi connectivity index (χ2v) is 7.21. The molecule has 0 saturated carbocycles. The number of aromatic nitrogens is 5. The molecule has 1 aliphatic rings. The van der Waals surface area contributed by atoms with E-state index in [2.05, 4.69) is 15.3 Å². The fourth-order valence-electron chi connectivity index (χ4n) is 3.49. The lowest BCUT2D eigenvalue weighted by molar-refractivity contribution is 0.0697. The van der Waals surface area contributed by atoms with Crippen LogP contribution in [0.4, 0.5) is 5.82 Å². The minimum atomic E-state index is -0.124. The number of piperidine rings is 1. The third-order valence-corrected chi connectivity index (χ3v) is 4.93. The van der Waals surface area contributed by atoms with Crippen LogP contribution >= 0.6 is 0 Å². The average Bonchev–Trinajstić information content (AvgIpc) is 3.22. The van der Waals surface area contributed by atoms with Gasteiger partial charge >= 0.3 is 5.69 Å². The molecule has 1 fully saturated rings. The van der Waals surface area contributed by atoms with Gasteiger partial charge in [0.15, 0.2) is 0 Å². The summed E-state index contributed by atoms with van der Waals surface area (Å²) in [6.07, 6.45) is 1.77. The Morgan fingerprint density at radius 2 is 2.22 bits per heavy atom. The van der Waals surface area contributed by atoms with Gasteiger partial charge in [-0.2, -0.15) is 10.2 Å². The summed E-state index contributed by atoms with van der Waals surface area (Å²) >= 11 is 0. The van der Waals surface area contributed by atoms with Crippen LogP contribution in [0.15, 0.2) is 10.9 Å². The van der Waals surface area contributed by atoms with Gasteiger partial charge in [0.1, 0.15) is 17.3 Å². The van der Waals surface area contributed by atoms with Gasteiger partial charge in [-0.15, -0.1) is 0 Å². The fraction of sp³-hybridized carbons (Fsp3) is 0.647. The van der Waals surface area contributed by atoms with E-state index >= 15 is 0 Å². The van der Waals surface area contributed by atoms with E-state index in [-0.39, 0.29) is 17.5 Å². The standard InChI is InChI=1S/C17H28N8O2/c1-4-24-15(21-25(17(24)27)9-8-22(2)3)12-6-5-7-23(11-12)16(26)13-10-14(18)20-19-13/h10,12H,4-9,11H2,1-3H3,(H3,18,19,20)/t12-/m0/s1. The van der Waals surface area contributed by atoms with E-state index in [4.69, 9.17) is 5.73 Å². The lowest BCUT2D eigenvalue weighted by Crippen LogP contribution is -2.40. The number of likely N-dealkylation sites (tertiary alicyclic amines) is 1. The van der Waals surface area contributed by atoms with Gasteiger partial charge in [0.05, 0.1) is 6.54 Å². The molecule has 2 aromatic rings. The maximum Gasteiger partial charge on any atom is 0.345 e. The van der Waals surface area contributed by atoms with Crippen molar-refractivity contribution in [2.75, 3.05) is 39.5 Å². The number of nitrogens with two attached hydrogens (primary N) is 1. The zero-order chi connectivity index (χ0) is 19.6. The molecule has 0 aromatic carbocycles. The van der Waals surface area contributed by atoms with Gasteiger partial charge in [-0.1, -0.05) is 0 Å². The van der Waals surface area contributed by atoms with Gasteiger partial charge in [-0.25, -0.2) is 9.48 Å². The Labute approximate surface area is 157 Å². The van der Waals surface area contributed by atoms with Gasteiger partial charge in [0.25, 0.3) is 5.91 Å². The fourth-order valence-corrected chi connectivity index (χ4v) is 3.49. The van der Waals surface area contributed by atoms with Crippen LogP contribution < -0.4 is 11.4 Å². The summed E-state index contributed by atoms with van der Waals surface area (Å²) in [6.45, 7) is 5.01. The maximum atomic E-state index is 12.7. The molecule has 2 aromatic heterocycles. The summed E-state index contributed by atoms with van der Waals surface area (Å²) in [7, 11) is 3.94. The molecule has 0 aliphatic carbocycles. The van der Waals surface area contributed by atoms with Gasteiger partial charge in [0.2, 0.25) is 0 Å². The predicted octanol–water partition coefficient (Wildman–Crippen LogP) is -0.0486. The molecule has 1 saturated heterocycles. The van der Waals surface area contributed by atoms with Crippen molar-refractivity contribution >= 4 is 11.7 Å². The Hall–Kier alpha value is -2.62. The summed E-state index contributed by atoms with van der Waals surface area (Å²) < 4.78 is 3.26. The molecule has 0 unspecified atom stereocenters. The zero-order valence-electron chi connectivity index (χ0n) is 16.2. The highest BCUT2D eigenvalue weighted by molar-refractivity contribution is 5.93. The number of hydrogen-bond acceptors (Lipinski definition) is 6. The molecule has 1 amide bonds. The molecule has 3 N–H and O–H groups in total. The highest BCUT2D eigenvalue weighted by Crippen LogP contribution is 2.26. The predicted molar refractivity (Wildman–Crippen MR) is 102 cm³/mol. The number of nitrogen functional groups attached to an aromatic ring is 1. The van der Waals surface area contributed by atoms with Crippen LogP contribution in [0.2, 0.25) is 0 Å². The first-order chi connectivity index (χ1) is 12.9. The topological polar surface area (TPSA) is 118 Å². The number of rotatable bonds is 6. The maximum absolute atomic E-state index is 12.7. The van der Waals surface area contributed by atoms with Crippen molar-refractivity contribution in [3.8, 4) is 0 Å². The number of likely N-dealkylation sites (N-methyl/N-ethyl adjacent to an activating group) is 1. The Balaban J connectivity index is 1.80. The van der Waals surface area contributed by atoms with Crippen molar-refractivity contribution in [2.45, 2.75) is 38.8 Å². The third kappa shape index (κ3) is 4.05. The van der Waals surface area contributed by atoms with E-state index in [0.29, 0.717) is 37.7 Å². The summed E-state index contributed by atoms with van der Waals surface area (Å²) in [6, 6.07) is 1.55. The first-order valence-electron chi connectivity index (χ1n) is 9.33. The molecular formula is C17H28N8O2. The minimum Gasteiger partial charge on any atom is -0.382 e. The minimum absolute atomic E-state index is 0.0382. The molecular weight excluding hydrogens is 348 g/mol. The Bertz CT molecular complexity index is 849. The van der Waals surface area contributed by atoms with E-state index < -0.39 is 0 Å². The third-order valence-electron chi connectivity index (χ3n) is 4.93. The number of nitrogens with one attached hydrogen (secondary N) is 1. The number of nitrogens with zero attached hydrogens (tertiary/aromatic N) is 6. The number of H-pyrrole nitrogens is 1. The molecule has 3 rings (SSSR count). The van der Waals surface area contributed by atoms with Crippen molar-refractivity contribution in [1.29, 1.82) is 0 Å². The van der Waals surface area contributed by atoms with E-state index in [9.17, 15) is 9.59 Å². The molecule has 10 heteroatoms. The lowest BCUT2D eigenvalue weighted by Gasteiger charge is -2.32. The molecule has 0 bridgehead atoms. The molecule has 0 radical (unpaired) electrons. The van der Waals surface area contributed by atoms with E-state index in [1.807, 2.05) is 25.9 Å². The molecule has 10 nitrogen and oxygen atoms in total. The Morgan fingerprint density at radius 3 is 2.85 bits per heavy atom.